The predicted octanol–water partition coefficient (Wildman–Crippen LogP) is 3.88. The summed E-state index contributed by atoms with van der Waals surface area (Å²) in [7, 11) is 0. The van der Waals surface area contributed by atoms with Crippen molar-refractivity contribution >= 4 is 5.97 Å². The van der Waals surface area contributed by atoms with Gasteiger partial charge in [0.2, 0.25) is 0 Å². The lowest BCUT2D eigenvalue weighted by molar-refractivity contribution is 0.0696. The molecule has 0 spiro atoms. The maximum Gasteiger partial charge on any atom is 0.335 e. The van der Waals surface area contributed by atoms with E-state index in [-0.39, 0.29) is 11.3 Å². The summed E-state index contributed by atoms with van der Waals surface area (Å²) in [4.78, 5) is 10.9. The molecule has 0 bridgehead atoms. The zero-order chi connectivity index (χ0) is 14.7. The van der Waals surface area contributed by atoms with Crippen LogP contribution in [0.2, 0.25) is 0 Å². The van der Waals surface area contributed by atoms with Gasteiger partial charge in [-0.25, -0.2) is 4.79 Å². The smallest absolute Gasteiger partial charge is 0.335 e. The molecule has 20 heavy (non-hydrogen) atoms. The average Bonchev–Trinajstić information content (AvgIpc) is 2.46. The van der Waals surface area contributed by atoms with E-state index >= 15 is 0 Å². The van der Waals surface area contributed by atoms with E-state index in [4.69, 9.17) is 5.11 Å². The molecule has 0 amide bonds. The molecule has 0 unspecified atom stereocenters. The Kier molecular flexibility index (Phi) is 4.08. The van der Waals surface area contributed by atoms with Crippen molar-refractivity contribution in [3.05, 3.63) is 53.1 Å². The summed E-state index contributed by atoms with van der Waals surface area (Å²) in [5.74, 6) is -1.03. The van der Waals surface area contributed by atoms with Crippen molar-refractivity contribution in [2.75, 3.05) is 0 Å². The fourth-order valence-electron chi connectivity index (χ4n) is 2.29. The van der Waals surface area contributed by atoms with E-state index in [0.717, 1.165) is 24.0 Å². The summed E-state index contributed by atoms with van der Waals surface area (Å²) < 4.78 is 0. The van der Waals surface area contributed by atoms with Crippen LogP contribution in [-0.4, -0.2) is 16.2 Å². The first-order valence-corrected chi connectivity index (χ1v) is 6.75. The number of benzene rings is 2. The van der Waals surface area contributed by atoms with Gasteiger partial charge < -0.3 is 10.2 Å². The van der Waals surface area contributed by atoms with Crippen LogP contribution in [0.4, 0.5) is 0 Å². The van der Waals surface area contributed by atoms with Crippen LogP contribution in [0.1, 0.15) is 35.3 Å². The SMILES string of the molecule is CCc1ccc(CC)c(-c2ccc(C(=O)O)cc2O)c1. The number of hydrogen-bond acceptors (Lipinski definition) is 2. The summed E-state index contributed by atoms with van der Waals surface area (Å²) in [6.45, 7) is 4.14. The summed E-state index contributed by atoms with van der Waals surface area (Å²) in [6.07, 6.45) is 1.78. The van der Waals surface area contributed by atoms with Crippen LogP contribution in [-0.2, 0) is 12.8 Å². The quantitative estimate of drug-likeness (QED) is 0.886. The topological polar surface area (TPSA) is 57.5 Å². The first-order valence-electron chi connectivity index (χ1n) is 6.75. The van der Waals surface area contributed by atoms with Crippen molar-refractivity contribution in [2.24, 2.45) is 0 Å². The van der Waals surface area contributed by atoms with Gasteiger partial charge in [-0.3, -0.25) is 0 Å². The van der Waals surface area contributed by atoms with E-state index in [2.05, 4.69) is 32.0 Å². The normalized spacial score (nSPS) is 10.5. The largest absolute Gasteiger partial charge is 0.507 e. The Bertz CT molecular complexity index is 645. The molecule has 0 aliphatic heterocycles. The molecule has 104 valence electrons. The Morgan fingerprint density at radius 2 is 1.75 bits per heavy atom. The van der Waals surface area contributed by atoms with Crippen LogP contribution in [0.25, 0.3) is 11.1 Å². The van der Waals surface area contributed by atoms with Crippen molar-refractivity contribution in [3.8, 4) is 16.9 Å². The molecule has 0 fully saturated rings. The number of carboxylic acid groups (broad SMARTS) is 1. The number of hydrogen-bond donors (Lipinski definition) is 2. The molecular formula is C17H18O3. The lowest BCUT2D eigenvalue weighted by Gasteiger charge is -2.12. The number of aromatic carboxylic acids is 1. The number of carbonyl (C=O) groups is 1. The van der Waals surface area contributed by atoms with Crippen LogP contribution in [0.5, 0.6) is 5.75 Å². The monoisotopic (exact) mass is 270 g/mol. The Balaban J connectivity index is 2.58. The minimum Gasteiger partial charge on any atom is -0.507 e. The second kappa shape index (κ2) is 5.78. The number of aromatic hydroxyl groups is 1. The standard InChI is InChI=1S/C17H18O3/c1-3-11-5-6-12(4-2)15(9-11)14-8-7-13(17(19)20)10-16(14)18/h5-10,18H,3-4H2,1-2H3,(H,19,20). The van der Waals surface area contributed by atoms with Crippen molar-refractivity contribution in [2.45, 2.75) is 26.7 Å². The number of carboxylic acids is 1. The highest BCUT2D eigenvalue weighted by molar-refractivity contribution is 5.90. The highest BCUT2D eigenvalue weighted by atomic mass is 16.4. The lowest BCUT2D eigenvalue weighted by atomic mass is 9.94. The molecule has 0 radical (unpaired) electrons. The van der Waals surface area contributed by atoms with Crippen LogP contribution in [0.15, 0.2) is 36.4 Å². The van der Waals surface area contributed by atoms with Gasteiger partial charge in [0.15, 0.2) is 0 Å². The average molecular weight is 270 g/mol. The third kappa shape index (κ3) is 2.67. The Hall–Kier alpha value is -2.29. The van der Waals surface area contributed by atoms with Gasteiger partial charge >= 0.3 is 5.97 Å². The predicted molar refractivity (Wildman–Crippen MR) is 79.3 cm³/mol. The zero-order valence-electron chi connectivity index (χ0n) is 11.7. The van der Waals surface area contributed by atoms with E-state index in [9.17, 15) is 9.90 Å². The Labute approximate surface area is 118 Å². The maximum absolute atomic E-state index is 10.9. The van der Waals surface area contributed by atoms with Gasteiger partial charge in [0.1, 0.15) is 5.75 Å². The number of phenolic OH excluding ortho intramolecular Hbond substituents is 1. The third-order valence-corrected chi connectivity index (χ3v) is 3.50. The summed E-state index contributed by atoms with van der Waals surface area (Å²) in [6, 6.07) is 10.7. The van der Waals surface area contributed by atoms with Gasteiger partial charge in [0.05, 0.1) is 5.56 Å². The van der Waals surface area contributed by atoms with Gasteiger partial charge in [0, 0.05) is 5.56 Å². The van der Waals surface area contributed by atoms with E-state index in [1.54, 1.807) is 6.07 Å². The molecule has 0 aliphatic rings. The van der Waals surface area contributed by atoms with Crippen molar-refractivity contribution in [1.29, 1.82) is 0 Å². The third-order valence-electron chi connectivity index (χ3n) is 3.50. The minimum atomic E-state index is -1.04. The highest BCUT2D eigenvalue weighted by Gasteiger charge is 2.12. The van der Waals surface area contributed by atoms with Crippen molar-refractivity contribution < 1.29 is 15.0 Å². The van der Waals surface area contributed by atoms with Crippen LogP contribution in [0.3, 0.4) is 0 Å². The van der Waals surface area contributed by atoms with E-state index in [1.807, 2.05) is 0 Å². The first kappa shape index (κ1) is 14.1. The first-order chi connectivity index (χ1) is 9.56. The van der Waals surface area contributed by atoms with Gasteiger partial charge in [-0.05, 0) is 47.7 Å². The molecule has 0 heterocycles. The van der Waals surface area contributed by atoms with Crippen molar-refractivity contribution in [3.63, 3.8) is 0 Å². The molecule has 3 heteroatoms. The van der Waals surface area contributed by atoms with Crippen LogP contribution >= 0.6 is 0 Å². The van der Waals surface area contributed by atoms with Gasteiger partial charge in [-0.1, -0.05) is 32.0 Å². The second-order valence-corrected chi connectivity index (χ2v) is 4.74. The summed E-state index contributed by atoms with van der Waals surface area (Å²) >= 11 is 0. The molecule has 0 saturated heterocycles. The summed E-state index contributed by atoms with van der Waals surface area (Å²) in [5, 5.41) is 19.1. The molecule has 2 aromatic rings. The molecule has 0 atom stereocenters. The van der Waals surface area contributed by atoms with Gasteiger partial charge in [0.25, 0.3) is 0 Å². The number of phenols is 1. The zero-order valence-corrected chi connectivity index (χ0v) is 11.7. The number of aryl methyl sites for hydroxylation is 2. The fraction of sp³-hybridized carbons (Fsp3) is 0.235. The Morgan fingerprint density at radius 1 is 1.00 bits per heavy atom. The minimum absolute atomic E-state index is 0.00727. The van der Waals surface area contributed by atoms with E-state index in [0.29, 0.717) is 5.56 Å². The molecule has 2 N–H and O–H groups in total. The second-order valence-electron chi connectivity index (χ2n) is 4.74. The van der Waals surface area contributed by atoms with Crippen molar-refractivity contribution in [1.82, 2.24) is 0 Å². The maximum atomic E-state index is 10.9. The fourth-order valence-corrected chi connectivity index (χ4v) is 2.29. The molecule has 2 aromatic carbocycles. The lowest BCUT2D eigenvalue weighted by Crippen LogP contribution is -1.97. The van der Waals surface area contributed by atoms with Crippen LogP contribution < -0.4 is 0 Å². The van der Waals surface area contributed by atoms with E-state index in [1.165, 1.54) is 17.7 Å². The van der Waals surface area contributed by atoms with Gasteiger partial charge in [-0.2, -0.15) is 0 Å². The van der Waals surface area contributed by atoms with E-state index < -0.39 is 5.97 Å². The Morgan fingerprint density at radius 3 is 2.30 bits per heavy atom. The molecule has 3 nitrogen and oxygen atoms in total. The molecular weight excluding hydrogens is 252 g/mol. The molecule has 0 aromatic heterocycles. The van der Waals surface area contributed by atoms with Gasteiger partial charge in [-0.15, -0.1) is 0 Å². The number of rotatable bonds is 4. The summed E-state index contributed by atoms with van der Waals surface area (Å²) in [5.41, 5.74) is 4.08. The molecule has 0 aliphatic carbocycles. The van der Waals surface area contributed by atoms with Crippen LogP contribution in [0, 0.1) is 0 Å². The molecule has 2 rings (SSSR count). The molecule has 0 saturated carbocycles. The highest BCUT2D eigenvalue weighted by Crippen LogP contribution is 2.33.